The van der Waals surface area contributed by atoms with Crippen LogP contribution in [-0.4, -0.2) is 35.4 Å². The third-order valence-corrected chi connectivity index (χ3v) is 5.46. The van der Waals surface area contributed by atoms with Crippen LogP contribution in [0.25, 0.3) is 0 Å². The smallest absolute Gasteiger partial charge is 0.254 e. The van der Waals surface area contributed by atoms with Crippen LogP contribution in [0.4, 0.5) is 0 Å². The number of hydrogen-bond acceptors (Lipinski definition) is 5. The minimum absolute atomic E-state index is 0.0817. The van der Waals surface area contributed by atoms with Crippen LogP contribution in [-0.2, 0) is 13.1 Å². The van der Waals surface area contributed by atoms with Crippen molar-refractivity contribution in [3.8, 4) is 0 Å². The Labute approximate surface area is 146 Å². The molecule has 5 nitrogen and oxygen atoms in total. The summed E-state index contributed by atoms with van der Waals surface area (Å²) in [6, 6.07) is 7.62. The van der Waals surface area contributed by atoms with Crippen molar-refractivity contribution < 1.29 is 4.79 Å². The Hall–Kier alpha value is -1.76. The number of carbonyl (C=O) groups excluding carboxylic acids is 1. The third kappa shape index (κ3) is 4.01. The number of carbonyl (C=O) groups is 1. The molecule has 6 heteroatoms. The van der Waals surface area contributed by atoms with E-state index in [1.807, 2.05) is 41.6 Å². The van der Waals surface area contributed by atoms with Crippen LogP contribution in [0.5, 0.6) is 0 Å². The molecule has 0 radical (unpaired) electrons. The number of aryl methyl sites for hydroxylation is 1. The van der Waals surface area contributed by atoms with E-state index in [2.05, 4.69) is 10.3 Å². The molecule has 1 aromatic heterocycles. The van der Waals surface area contributed by atoms with Gasteiger partial charge in [-0.3, -0.25) is 4.79 Å². The fraction of sp³-hybridized carbons (Fsp3) is 0.444. The number of nitrogens with one attached hydrogen (secondary N) is 1. The zero-order valence-corrected chi connectivity index (χ0v) is 14.8. The number of nitrogens with zero attached hydrogens (tertiary/aromatic N) is 2. The van der Waals surface area contributed by atoms with E-state index in [1.54, 1.807) is 11.3 Å². The molecule has 1 unspecified atom stereocenters. The Balaban J connectivity index is 1.78. The topological polar surface area (TPSA) is 71.2 Å². The maximum atomic E-state index is 13.0. The van der Waals surface area contributed by atoms with Crippen LogP contribution in [0.1, 0.15) is 32.9 Å². The average molecular weight is 344 g/mol. The van der Waals surface area contributed by atoms with Crippen molar-refractivity contribution in [3.63, 3.8) is 0 Å². The van der Waals surface area contributed by atoms with Gasteiger partial charge < -0.3 is 16.0 Å². The number of hydrogen-bond donors (Lipinski definition) is 2. The molecule has 0 spiro atoms. The normalized spacial score (nSPS) is 17.2. The van der Waals surface area contributed by atoms with Crippen molar-refractivity contribution >= 4 is 17.2 Å². The Bertz CT molecular complexity index is 677. The molecule has 0 bridgehead atoms. The number of rotatable bonds is 6. The Morgan fingerprint density at radius 2 is 2.21 bits per heavy atom. The lowest BCUT2D eigenvalue weighted by Gasteiger charge is -2.25. The zero-order valence-electron chi connectivity index (χ0n) is 14.0. The first-order chi connectivity index (χ1) is 11.7. The van der Waals surface area contributed by atoms with Crippen molar-refractivity contribution in [2.24, 2.45) is 11.7 Å². The van der Waals surface area contributed by atoms with E-state index in [0.717, 1.165) is 47.8 Å². The lowest BCUT2D eigenvalue weighted by atomic mass is 10.1. The van der Waals surface area contributed by atoms with E-state index in [0.29, 0.717) is 19.0 Å². The van der Waals surface area contributed by atoms with E-state index in [4.69, 9.17) is 5.73 Å². The largest absolute Gasteiger partial charge is 0.333 e. The summed E-state index contributed by atoms with van der Waals surface area (Å²) in [6.45, 7) is 5.93. The second kappa shape index (κ2) is 7.88. The summed E-state index contributed by atoms with van der Waals surface area (Å²) < 4.78 is 0. The SMILES string of the molecule is Cc1ncsc1CN(CC1CCNC1)C(=O)c1ccc(CN)cc1. The molecule has 0 aliphatic carbocycles. The average Bonchev–Trinajstić information content (AvgIpc) is 3.26. The van der Waals surface area contributed by atoms with E-state index in [9.17, 15) is 4.79 Å². The van der Waals surface area contributed by atoms with Gasteiger partial charge in [-0.25, -0.2) is 4.98 Å². The van der Waals surface area contributed by atoms with Crippen LogP contribution in [0.15, 0.2) is 29.8 Å². The summed E-state index contributed by atoms with van der Waals surface area (Å²) in [5.74, 6) is 0.601. The van der Waals surface area contributed by atoms with Gasteiger partial charge in [-0.2, -0.15) is 0 Å². The predicted molar refractivity (Wildman–Crippen MR) is 96.9 cm³/mol. The number of thiazole rings is 1. The quantitative estimate of drug-likeness (QED) is 0.842. The van der Waals surface area contributed by atoms with E-state index >= 15 is 0 Å². The zero-order chi connectivity index (χ0) is 16.9. The monoisotopic (exact) mass is 344 g/mol. The molecule has 1 saturated heterocycles. The third-order valence-electron chi connectivity index (χ3n) is 4.54. The molecule has 1 amide bonds. The minimum atomic E-state index is 0.0817. The van der Waals surface area contributed by atoms with E-state index in [1.165, 1.54) is 0 Å². The molecule has 128 valence electrons. The molecule has 3 rings (SSSR count). The highest BCUT2D eigenvalue weighted by Crippen LogP contribution is 2.20. The molecule has 1 aliphatic heterocycles. The Morgan fingerprint density at radius 1 is 1.42 bits per heavy atom. The van der Waals surface area contributed by atoms with Gasteiger partial charge in [0.1, 0.15) is 0 Å². The summed E-state index contributed by atoms with van der Waals surface area (Å²) in [5.41, 5.74) is 10.3. The standard InChI is InChI=1S/C18H24N4OS/c1-13-17(24-12-21-13)11-22(10-15-6-7-20-9-15)18(23)16-4-2-14(8-19)3-5-16/h2-5,12,15,20H,6-11,19H2,1H3. The number of nitrogens with two attached hydrogens (primary N) is 1. The van der Waals surface area contributed by atoms with Gasteiger partial charge in [0.2, 0.25) is 0 Å². The summed E-state index contributed by atoms with van der Waals surface area (Å²) in [5, 5.41) is 3.38. The highest BCUT2D eigenvalue weighted by molar-refractivity contribution is 7.09. The van der Waals surface area contributed by atoms with Gasteiger partial charge in [0.15, 0.2) is 0 Å². The van der Waals surface area contributed by atoms with Gasteiger partial charge >= 0.3 is 0 Å². The second-order valence-corrected chi connectivity index (χ2v) is 7.25. The summed E-state index contributed by atoms with van der Waals surface area (Å²) in [6.07, 6.45) is 1.12. The highest BCUT2D eigenvalue weighted by atomic mass is 32.1. The van der Waals surface area contributed by atoms with Gasteiger partial charge in [-0.1, -0.05) is 12.1 Å². The first-order valence-electron chi connectivity index (χ1n) is 8.35. The van der Waals surface area contributed by atoms with E-state index in [-0.39, 0.29) is 5.91 Å². The van der Waals surface area contributed by atoms with Gasteiger partial charge in [-0.15, -0.1) is 11.3 Å². The molecule has 3 N–H and O–H groups in total. The van der Waals surface area contributed by atoms with Crippen LogP contribution in [0, 0.1) is 12.8 Å². The molecule has 0 saturated carbocycles. The van der Waals surface area contributed by atoms with Gasteiger partial charge in [0.25, 0.3) is 5.91 Å². The second-order valence-electron chi connectivity index (χ2n) is 6.31. The fourth-order valence-corrected chi connectivity index (χ4v) is 3.81. The maximum absolute atomic E-state index is 13.0. The first kappa shape index (κ1) is 17.1. The Morgan fingerprint density at radius 3 is 2.79 bits per heavy atom. The van der Waals surface area contributed by atoms with Crippen molar-refractivity contribution in [2.45, 2.75) is 26.4 Å². The van der Waals surface area contributed by atoms with Crippen LogP contribution < -0.4 is 11.1 Å². The Kier molecular flexibility index (Phi) is 5.60. The highest BCUT2D eigenvalue weighted by Gasteiger charge is 2.23. The summed E-state index contributed by atoms with van der Waals surface area (Å²) in [7, 11) is 0. The maximum Gasteiger partial charge on any atom is 0.254 e. The van der Waals surface area contributed by atoms with Crippen molar-refractivity contribution in [2.75, 3.05) is 19.6 Å². The summed E-state index contributed by atoms with van der Waals surface area (Å²) in [4.78, 5) is 20.5. The van der Waals surface area contributed by atoms with Crippen LogP contribution in [0.2, 0.25) is 0 Å². The van der Waals surface area contributed by atoms with Gasteiger partial charge in [0, 0.05) is 23.5 Å². The first-order valence-corrected chi connectivity index (χ1v) is 9.23. The number of amides is 1. The molecule has 2 aromatic rings. The molecule has 2 heterocycles. The summed E-state index contributed by atoms with van der Waals surface area (Å²) >= 11 is 1.62. The van der Waals surface area contributed by atoms with Gasteiger partial charge in [0.05, 0.1) is 17.7 Å². The molecule has 1 atom stereocenters. The number of aromatic nitrogens is 1. The van der Waals surface area contributed by atoms with Crippen molar-refractivity contribution in [3.05, 3.63) is 51.5 Å². The van der Waals surface area contributed by atoms with E-state index < -0.39 is 0 Å². The molecular weight excluding hydrogens is 320 g/mol. The predicted octanol–water partition coefficient (Wildman–Crippen LogP) is 2.16. The lowest BCUT2D eigenvalue weighted by Crippen LogP contribution is -2.35. The van der Waals surface area contributed by atoms with Crippen molar-refractivity contribution in [1.82, 2.24) is 15.2 Å². The lowest BCUT2D eigenvalue weighted by molar-refractivity contribution is 0.0720. The molecule has 1 aliphatic rings. The molecule has 1 aromatic carbocycles. The molecule has 24 heavy (non-hydrogen) atoms. The minimum Gasteiger partial charge on any atom is -0.333 e. The number of benzene rings is 1. The molecule has 1 fully saturated rings. The molecular formula is C18H24N4OS. The fourth-order valence-electron chi connectivity index (χ4n) is 3.02. The van der Waals surface area contributed by atoms with Crippen LogP contribution >= 0.6 is 11.3 Å². The van der Waals surface area contributed by atoms with Gasteiger partial charge in [-0.05, 0) is 50.0 Å². The van der Waals surface area contributed by atoms with Crippen molar-refractivity contribution in [1.29, 1.82) is 0 Å². The van der Waals surface area contributed by atoms with Crippen LogP contribution in [0.3, 0.4) is 0 Å².